The third-order valence-electron chi connectivity index (χ3n) is 3.02. The highest BCUT2D eigenvalue weighted by atomic mass is 16.3. The van der Waals surface area contributed by atoms with Gasteiger partial charge in [-0.15, -0.1) is 0 Å². The van der Waals surface area contributed by atoms with Crippen LogP contribution in [0.2, 0.25) is 0 Å². The second-order valence-corrected chi connectivity index (χ2v) is 4.02. The highest BCUT2D eigenvalue weighted by Crippen LogP contribution is 2.37. The Bertz CT molecular complexity index is 349. The predicted octanol–water partition coefficient (Wildman–Crippen LogP) is 1.10. The molecule has 0 fully saturated rings. The van der Waals surface area contributed by atoms with Crippen LogP contribution in [-0.2, 0) is 6.42 Å². The molecule has 1 aliphatic heterocycles. The molecule has 14 heavy (non-hydrogen) atoms. The molecule has 1 heterocycles. The van der Waals surface area contributed by atoms with Gasteiger partial charge in [0.25, 0.3) is 0 Å². The summed E-state index contributed by atoms with van der Waals surface area (Å²) in [5.41, 5.74) is 8.02. The summed E-state index contributed by atoms with van der Waals surface area (Å²) in [5.74, 6) is 0.387. The molecule has 0 saturated carbocycles. The van der Waals surface area contributed by atoms with Gasteiger partial charge in [-0.05, 0) is 25.5 Å². The molecule has 2 unspecified atom stereocenters. The molecule has 2 rings (SSSR count). The van der Waals surface area contributed by atoms with Gasteiger partial charge in [0.2, 0.25) is 0 Å². The number of aromatic hydroxyl groups is 1. The van der Waals surface area contributed by atoms with Crippen LogP contribution in [0.5, 0.6) is 5.75 Å². The monoisotopic (exact) mass is 192 g/mol. The molecule has 2 atom stereocenters. The largest absolute Gasteiger partial charge is 0.508 e. The number of hydrogen-bond donors (Lipinski definition) is 2. The van der Waals surface area contributed by atoms with Crippen molar-refractivity contribution < 1.29 is 5.11 Å². The Hall–Kier alpha value is -1.22. The van der Waals surface area contributed by atoms with Gasteiger partial charge in [-0.2, -0.15) is 0 Å². The summed E-state index contributed by atoms with van der Waals surface area (Å²) in [5, 5.41) is 9.68. The van der Waals surface area contributed by atoms with Crippen molar-refractivity contribution in [3.05, 3.63) is 23.8 Å². The van der Waals surface area contributed by atoms with Gasteiger partial charge in [0.15, 0.2) is 0 Å². The number of phenolic OH excluding ortho intramolecular Hbond substituents is 1. The van der Waals surface area contributed by atoms with Crippen LogP contribution in [0.25, 0.3) is 0 Å². The molecule has 0 spiro atoms. The van der Waals surface area contributed by atoms with Gasteiger partial charge in [0, 0.05) is 30.4 Å². The smallest absolute Gasteiger partial charge is 0.120 e. The first-order chi connectivity index (χ1) is 6.61. The number of nitrogens with two attached hydrogens (primary N) is 1. The minimum absolute atomic E-state index is 0.117. The molecule has 3 heteroatoms. The van der Waals surface area contributed by atoms with Crippen molar-refractivity contribution in [1.29, 1.82) is 0 Å². The van der Waals surface area contributed by atoms with Gasteiger partial charge in [-0.3, -0.25) is 0 Å². The molecule has 1 aromatic carbocycles. The van der Waals surface area contributed by atoms with Crippen LogP contribution in [0.4, 0.5) is 5.69 Å². The molecule has 3 nitrogen and oxygen atoms in total. The van der Waals surface area contributed by atoms with Gasteiger partial charge < -0.3 is 15.7 Å². The fourth-order valence-corrected chi connectivity index (χ4v) is 2.17. The third kappa shape index (κ3) is 1.24. The zero-order valence-corrected chi connectivity index (χ0v) is 8.57. The van der Waals surface area contributed by atoms with Gasteiger partial charge in [-0.25, -0.2) is 0 Å². The number of phenols is 1. The average Bonchev–Trinajstić information content (AvgIpc) is 2.46. The van der Waals surface area contributed by atoms with E-state index in [-0.39, 0.29) is 6.04 Å². The summed E-state index contributed by atoms with van der Waals surface area (Å²) in [4.78, 5) is 2.15. The normalized spacial score (nSPS) is 22.2. The van der Waals surface area contributed by atoms with Gasteiger partial charge in [0.1, 0.15) is 5.75 Å². The van der Waals surface area contributed by atoms with E-state index in [1.807, 2.05) is 26.1 Å². The maximum Gasteiger partial charge on any atom is 0.120 e. The summed E-state index contributed by atoms with van der Waals surface area (Å²) in [6.07, 6.45) is 0.843. The van der Waals surface area contributed by atoms with Crippen LogP contribution >= 0.6 is 0 Å². The van der Waals surface area contributed by atoms with Crippen LogP contribution in [0, 0.1) is 0 Å². The van der Waals surface area contributed by atoms with Crippen molar-refractivity contribution in [3.63, 3.8) is 0 Å². The van der Waals surface area contributed by atoms with E-state index in [2.05, 4.69) is 4.90 Å². The highest BCUT2D eigenvalue weighted by molar-refractivity contribution is 5.63. The summed E-state index contributed by atoms with van der Waals surface area (Å²) in [7, 11) is 2.03. The number of rotatable bonds is 1. The molecule has 3 N–H and O–H groups in total. The third-order valence-corrected chi connectivity index (χ3v) is 3.02. The van der Waals surface area contributed by atoms with Crippen LogP contribution < -0.4 is 10.6 Å². The van der Waals surface area contributed by atoms with E-state index < -0.39 is 0 Å². The number of nitrogens with zero attached hydrogens (tertiary/aromatic N) is 1. The van der Waals surface area contributed by atoms with Crippen LogP contribution in [-0.4, -0.2) is 24.2 Å². The molecule has 0 amide bonds. The maximum absolute atomic E-state index is 9.68. The Morgan fingerprint density at radius 3 is 2.86 bits per heavy atom. The molecule has 0 radical (unpaired) electrons. The van der Waals surface area contributed by atoms with E-state index in [1.54, 1.807) is 6.07 Å². The van der Waals surface area contributed by atoms with E-state index in [4.69, 9.17) is 5.73 Å². The van der Waals surface area contributed by atoms with Crippen LogP contribution in [0.15, 0.2) is 18.2 Å². The van der Waals surface area contributed by atoms with Crippen molar-refractivity contribution in [3.8, 4) is 5.75 Å². The lowest BCUT2D eigenvalue weighted by atomic mass is 10.0. The van der Waals surface area contributed by atoms with Gasteiger partial charge in [-0.1, -0.05) is 6.07 Å². The number of benzene rings is 1. The molecular formula is C11H16N2O. The van der Waals surface area contributed by atoms with E-state index in [0.29, 0.717) is 11.8 Å². The zero-order chi connectivity index (χ0) is 10.3. The summed E-state index contributed by atoms with van der Waals surface area (Å²) < 4.78 is 0. The Morgan fingerprint density at radius 1 is 1.57 bits per heavy atom. The summed E-state index contributed by atoms with van der Waals surface area (Å²) in [6.45, 7) is 2.00. The van der Waals surface area contributed by atoms with E-state index >= 15 is 0 Å². The number of fused-ring (bicyclic) bond motifs is 1. The molecule has 0 aromatic heterocycles. The molecule has 76 valence electrons. The molecule has 1 aliphatic rings. The fourth-order valence-electron chi connectivity index (χ4n) is 2.17. The number of likely N-dealkylation sites (N-methyl/N-ethyl adjacent to an activating group) is 1. The van der Waals surface area contributed by atoms with Crippen molar-refractivity contribution >= 4 is 5.69 Å². The summed E-state index contributed by atoms with van der Waals surface area (Å²) >= 11 is 0. The first-order valence-corrected chi connectivity index (χ1v) is 4.90. The Balaban J connectivity index is 2.40. The number of hydrogen-bond acceptors (Lipinski definition) is 3. The first-order valence-electron chi connectivity index (χ1n) is 4.90. The molecule has 1 aromatic rings. The topological polar surface area (TPSA) is 49.5 Å². The van der Waals surface area contributed by atoms with E-state index in [0.717, 1.165) is 17.7 Å². The standard InChI is InChI=1S/C11H16N2O/c1-7(12)10-6-8-9(13(10)2)4-3-5-11(8)14/h3-5,7,10,14H,6,12H2,1-2H3. The van der Waals surface area contributed by atoms with Crippen LogP contribution in [0.3, 0.4) is 0 Å². The van der Waals surface area contributed by atoms with Gasteiger partial charge in [0.05, 0.1) is 0 Å². The van der Waals surface area contributed by atoms with Crippen molar-refractivity contribution in [1.82, 2.24) is 0 Å². The Kier molecular flexibility index (Phi) is 2.11. The van der Waals surface area contributed by atoms with Crippen LogP contribution in [0.1, 0.15) is 12.5 Å². The minimum Gasteiger partial charge on any atom is -0.508 e. The average molecular weight is 192 g/mol. The first kappa shape index (κ1) is 9.34. The second-order valence-electron chi connectivity index (χ2n) is 4.02. The fraction of sp³-hybridized carbons (Fsp3) is 0.455. The molecular weight excluding hydrogens is 176 g/mol. The van der Waals surface area contributed by atoms with Crippen molar-refractivity contribution in [2.45, 2.75) is 25.4 Å². The van der Waals surface area contributed by atoms with E-state index in [1.165, 1.54) is 0 Å². The van der Waals surface area contributed by atoms with Crippen molar-refractivity contribution in [2.75, 3.05) is 11.9 Å². The lowest BCUT2D eigenvalue weighted by molar-refractivity contribution is 0.466. The molecule has 0 aliphatic carbocycles. The minimum atomic E-state index is 0.117. The van der Waals surface area contributed by atoms with E-state index in [9.17, 15) is 5.11 Å². The lowest BCUT2D eigenvalue weighted by Gasteiger charge is -2.25. The SMILES string of the molecule is CC(N)C1Cc2c(O)cccc2N1C. The Labute approximate surface area is 84.1 Å². The number of anilines is 1. The molecule has 0 bridgehead atoms. The maximum atomic E-state index is 9.68. The van der Waals surface area contributed by atoms with Crippen molar-refractivity contribution in [2.24, 2.45) is 5.73 Å². The zero-order valence-electron chi connectivity index (χ0n) is 8.57. The predicted molar refractivity (Wildman–Crippen MR) is 57.7 cm³/mol. The summed E-state index contributed by atoms with van der Waals surface area (Å²) in [6, 6.07) is 6.05. The quantitative estimate of drug-likeness (QED) is 0.700. The Morgan fingerprint density at radius 2 is 2.29 bits per heavy atom. The highest BCUT2D eigenvalue weighted by Gasteiger charge is 2.30. The molecule has 0 saturated heterocycles. The lowest BCUT2D eigenvalue weighted by Crippen LogP contribution is -2.42. The van der Waals surface area contributed by atoms with Gasteiger partial charge >= 0.3 is 0 Å². The second kappa shape index (κ2) is 3.17.